The molecule has 14 heteroatoms. The van der Waals surface area contributed by atoms with Gasteiger partial charge in [0.15, 0.2) is 8.32 Å². The van der Waals surface area contributed by atoms with E-state index in [1.54, 1.807) is 28.3 Å². The molecule has 6 rings (SSSR count). The third kappa shape index (κ3) is 10.5. The van der Waals surface area contributed by atoms with Crippen molar-refractivity contribution in [2.75, 3.05) is 27.9 Å². The van der Waals surface area contributed by atoms with Crippen molar-refractivity contribution in [3.63, 3.8) is 0 Å². The standard InChI is InChI=1S/C49H85NO12Si/c1-15-33-28-47(8)26-29(2)22-39(56-11)41-40(57-12)23-30(3)49(54,61-41)42(51)44(52)50-21-17-16-18-34(50)45(53)58-43-31(4)36(25-37(33)59-47)60-48(43,9)27-32-19-20-35(38(24-32)55-10)62-63(13,14)46(5,6)7/h29-41,43,54H,15-28H2,1-14H3/t29-,30-,31-,32-,33-,34+,35-,36-,37+,38-,39+,40+,41-,43+,47+,48-,49-/m1/s1. The van der Waals surface area contributed by atoms with Crippen LogP contribution in [0, 0.1) is 29.6 Å². The Morgan fingerprint density at radius 2 is 1.48 bits per heavy atom. The maximum atomic E-state index is 14.7. The zero-order valence-electron chi connectivity index (χ0n) is 41.4. The fourth-order valence-electron chi connectivity index (χ4n) is 12.4. The summed E-state index contributed by atoms with van der Waals surface area (Å²) < 4.78 is 52.5. The Labute approximate surface area is 380 Å². The summed E-state index contributed by atoms with van der Waals surface area (Å²) in [6.45, 7) is 24.1. The molecular formula is C49H85NO12Si. The number of hydrogen-bond acceptors (Lipinski definition) is 12. The topological polar surface area (TPSA) is 149 Å². The molecule has 63 heavy (non-hydrogen) atoms. The number of ketones is 1. The van der Waals surface area contributed by atoms with Crippen molar-refractivity contribution in [1.82, 2.24) is 4.90 Å². The van der Waals surface area contributed by atoms with Crippen LogP contribution in [0.15, 0.2) is 0 Å². The average molecular weight is 908 g/mol. The van der Waals surface area contributed by atoms with E-state index < -0.39 is 79.3 Å². The first kappa shape index (κ1) is 50.9. The largest absolute Gasteiger partial charge is 0.457 e. The minimum absolute atomic E-state index is 0.0159. The van der Waals surface area contributed by atoms with Crippen LogP contribution in [0.25, 0.3) is 0 Å². The minimum atomic E-state index is -2.44. The van der Waals surface area contributed by atoms with E-state index in [1.165, 1.54) is 4.90 Å². The smallest absolute Gasteiger partial charge is 0.329 e. The Morgan fingerprint density at radius 3 is 2.11 bits per heavy atom. The molecule has 0 radical (unpaired) electrons. The van der Waals surface area contributed by atoms with Gasteiger partial charge in [-0.25, -0.2) is 4.79 Å². The molecule has 6 aliphatic rings. The molecule has 362 valence electrons. The zero-order chi connectivity index (χ0) is 46.4. The van der Waals surface area contributed by atoms with Gasteiger partial charge in [0, 0.05) is 46.1 Å². The number of Topliss-reactive ketones (excluding diaryl/α,β-unsaturated/α-hetero) is 1. The van der Waals surface area contributed by atoms with E-state index in [2.05, 4.69) is 68.5 Å². The van der Waals surface area contributed by atoms with Crippen molar-refractivity contribution >= 4 is 26.0 Å². The number of esters is 1. The number of aliphatic hydroxyl groups is 1. The molecule has 6 fully saturated rings. The van der Waals surface area contributed by atoms with Gasteiger partial charge in [-0.05, 0) is 120 Å². The summed E-state index contributed by atoms with van der Waals surface area (Å²) in [5, 5.41) is 12.3. The number of hydrogen-bond donors (Lipinski definition) is 1. The number of piperidine rings is 1. The molecule has 5 saturated heterocycles. The second-order valence-corrected chi connectivity index (χ2v) is 27.6. The zero-order valence-corrected chi connectivity index (χ0v) is 42.4. The lowest BCUT2D eigenvalue weighted by Gasteiger charge is -2.47. The Balaban J connectivity index is 1.33. The molecule has 1 N–H and O–H groups in total. The number of nitrogens with zero attached hydrogens (tertiary/aromatic N) is 1. The maximum absolute atomic E-state index is 14.7. The second-order valence-electron chi connectivity index (χ2n) is 22.8. The Morgan fingerprint density at radius 1 is 0.810 bits per heavy atom. The third-order valence-electron chi connectivity index (χ3n) is 16.9. The SMILES string of the molecule is CC[C@@H]1C[C@]2(C)C[C@H](C)C[C@H](OC)[C@H]3O[C@@](O)(C(=O)C(=O)N4CCCC[C@H]4C(=O)O[C@H]4[C@H](C)[C@@H](C[C@@H]1O2)O[C@]4(C)C[C@@H]1CC[C@@H](O[Si](C)(C)C(C)(C)C)[C@H](OC)C1)[C@H](C)C[C@@H]3OC. The average Bonchev–Trinajstić information content (AvgIpc) is 3.66. The highest BCUT2D eigenvalue weighted by Gasteiger charge is 2.59. The third-order valence-corrected chi connectivity index (χ3v) is 21.4. The molecule has 6 bridgehead atoms. The Hall–Kier alpha value is -1.49. The maximum Gasteiger partial charge on any atom is 0.329 e. The molecule has 1 amide bonds. The monoisotopic (exact) mass is 908 g/mol. The molecule has 1 aliphatic carbocycles. The van der Waals surface area contributed by atoms with Gasteiger partial charge < -0.3 is 47.6 Å². The van der Waals surface area contributed by atoms with Crippen LogP contribution < -0.4 is 0 Å². The summed E-state index contributed by atoms with van der Waals surface area (Å²) in [5.41, 5.74) is -1.24. The van der Waals surface area contributed by atoms with E-state index in [1.807, 2.05) is 0 Å². The molecule has 5 aliphatic heterocycles. The second kappa shape index (κ2) is 19.6. The van der Waals surface area contributed by atoms with Crippen LogP contribution in [0.2, 0.25) is 18.1 Å². The van der Waals surface area contributed by atoms with Gasteiger partial charge in [0.05, 0.1) is 42.2 Å². The summed E-state index contributed by atoms with van der Waals surface area (Å²) in [4.78, 5) is 44.9. The number of rotatable bonds is 8. The molecule has 0 aromatic rings. The quantitative estimate of drug-likeness (QED) is 0.144. The summed E-state index contributed by atoms with van der Waals surface area (Å²) in [6, 6.07) is -1.00. The number of carbonyl (C=O) groups is 3. The number of carbonyl (C=O) groups excluding carboxylic acids is 3. The van der Waals surface area contributed by atoms with Crippen molar-refractivity contribution in [3.8, 4) is 0 Å². The van der Waals surface area contributed by atoms with E-state index >= 15 is 0 Å². The van der Waals surface area contributed by atoms with Gasteiger partial charge in [-0.2, -0.15) is 0 Å². The number of amides is 1. The molecule has 0 spiro atoms. The van der Waals surface area contributed by atoms with Gasteiger partial charge in [0.2, 0.25) is 5.79 Å². The predicted molar refractivity (Wildman–Crippen MR) is 241 cm³/mol. The first-order valence-corrected chi connectivity index (χ1v) is 27.4. The molecular weight excluding hydrogens is 823 g/mol. The number of fused-ring (bicyclic) bond motifs is 7. The van der Waals surface area contributed by atoms with Crippen molar-refractivity contribution < 1.29 is 57.1 Å². The van der Waals surface area contributed by atoms with Crippen molar-refractivity contribution in [1.29, 1.82) is 0 Å². The lowest BCUT2D eigenvalue weighted by Crippen LogP contribution is -2.64. The van der Waals surface area contributed by atoms with Crippen LogP contribution in [-0.2, 0) is 52.0 Å². The van der Waals surface area contributed by atoms with Crippen LogP contribution in [-0.4, -0.2) is 136 Å². The van der Waals surface area contributed by atoms with E-state index in [0.717, 1.165) is 38.5 Å². The van der Waals surface area contributed by atoms with Gasteiger partial charge in [0.25, 0.3) is 11.7 Å². The van der Waals surface area contributed by atoms with Crippen molar-refractivity contribution in [2.45, 2.75) is 236 Å². The first-order chi connectivity index (χ1) is 29.4. The van der Waals surface area contributed by atoms with E-state index in [-0.39, 0.29) is 60.2 Å². The fraction of sp³-hybridized carbons (Fsp3) is 0.939. The van der Waals surface area contributed by atoms with Crippen molar-refractivity contribution in [3.05, 3.63) is 0 Å². The molecule has 13 nitrogen and oxygen atoms in total. The summed E-state index contributed by atoms with van der Waals surface area (Å²) in [7, 11) is 2.93. The van der Waals surface area contributed by atoms with Crippen LogP contribution in [0.3, 0.4) is 0 Å². The lowest BCUT2D eigenvalue weighted by atomic mass is 9.76. The lowest BCUT2D eigenvalue weighted by molar-refractivity contribution is -0.302. The van der Waals surface area contributed by atoms with Crippen LogP contribution >= 0.6 is 0 Å². The highest BCUT2D eigenvalue weighted by molar-refractivity contribution is 6.74. The van der Waals surface area contributed by atoms with Crippen LogP contribution in [0.1, 0.15) is 146 Å². The Bertz CT molecular complexity index is 1610. The summed E-state index contributed by atoms with van der Waals surface area (Å²) in [6.07, 6.45) is 6.24. The summed E-state index contributed by atoms with van der Waals surface area (Å²) in [5.74, 6) is -5.29. The van der Waals surface area contributed by atoms with Gasteiger partial charge in [-0.1, -0.05) is 54.9 Å². The van der Waals surface area contributed by atoms with Gasteiger partial charge in [-0.15, -0.1) is 0 Å². The minimum Gasteiger partial charge on any atom is -0.457 e. The van der Waals surface area contributed by atoms with E-state index in [4.69, 9.17) is 37.6 Å². The molecule has 17 atom stereocenters. The highest BCUT2D eigenvalue weighted by atomic mass is 28.4. The molecule has 0 unspecified atom stereocenters. The van der Waals surface area contributed by atoms with Crippen LogP contribution in [0.5, 0.6) is 0 Å². The fourth-order valence-corrected chi connectivity index (χ4v) is 13.7. The summed E-state index contributed by atoms with van der Waals surface area (Å²) >= 11 is 0. The van der Waals surface area contributed by atoms with Crippen molar-refractivity contribution in [2.24, 2.45) is 29.6 Å². The van der Waals surface area contributed by atoms with E-state index in [0.29, 0.717) is 44.4 Å². The number of methoxy groups -OCH3 is 3. The number of ether oxygens (including phenoxy) is 7. The predicted octanol–water partition coefficient (Wildman–Crippen LogP) is 7.78. The molecule has 5 heterocycles. The van der Waals surface area contributed by atoms with Gasteiger partial charge in [0.1, 0.15) is 23.9 Å². The highest BCUT2D eigenvalue weighted by Crippen LogP contribution is 2.50. The molecule has 0 aromatic carbocycles. The van der Waals surface area contributed by atoms with Crippen LogP contribution in [0.4, 0.5) is 0 Å². The first-order valence-electron chi connectivity index (χ1n) is 24.5. The van der Waals surface area contributed by atoms with E-state index in [9.17, 15) is 19.5 Å². The molecule has 0 aromatic heterocycles. The van der Waals surface area contributed by atoms with Gasteiger partial charge >= 0.3 is 5.97 Å². The van der Waals surface area contributed by atoms with Gasteiger partial charge in [-0.3, -0.25) is 9.59 Å². The normalized spacial score (nSPS) is 44.9. The Kier molecular flexibility index (Phi) is 15.9. The molecule has 1 saturated carbocycles.